The van der Waals surface area contributed by atoms with Crippen LogP contribution in [-0.2, 0) is 11.3 Å². The summed E-state index contributed by atoms with van der Waals surface area (Å²) in [5, 5.41) is 2.92. The van der Waals surface area contributed by atoms with Crippen molar-refractivity contribution in [2.45, 2.75) is 58.2 Å². The third kappa shape index (κ3) is 4.48. The Labute approximate surface area is 147 Å². The predicted molar refractivity (Wildman–Crippen MR) is 91.1 cm³/mol. The van der Waals surface area contributed by atoms with Gasteiger partial charge in [-0.3, -0.25) is 4.90 Å². The van der Waals surface area contributed by atoms with Crippen LogP contribution in [0.4, 0.5) is 13.6 Å². The smallest absolute Gasteiger partial charge is 0.407 e. The highest BCUT2D eigenvalue weighted by Crippen LogP contribution is 2.49. The van der Waals surface area contributed by atoms with Gasteiger partial charge in [-0.2, -0.15) is 0 Å². The Morgan fingerprint density at radius 1 is 1.32 bits per heavy atom. The lowest BCUT2D eigenvalue weighted by Gasteiger charge is -2.52. The van der Waals surface area contributed by atoms with Crippen LogP contribution in [0.25, 0.3) is 0 Å². The maximum absolute atomic E-state index is 13.8. The topological polar surface area (TPSA) is 41.6 Å². The Bertz CT molecular complexity index is 620. The van der Waals surface area contributed by atoms with Crippen molar-refractivity contribution in [1.82, 2.24) is 10.2 Å². The zero-order chi connectivity index (χ0) is 18.0. The van der Waals surface area contributed by atoms with Crippen molar-refractivity contribution in [2.24, 2.45) is 5.41 Å². The lowest BCUT2D eigenvalue weighted by molar-refractivity contribution is 0.00165. The highest BCUT2D eigenvalue weighted by atomic mass is 19.1. The normalized spacial score (nSPS) is 20.5. The maximum atomic E-state index is 13.8. The van der Waals surface area contributed by atoms with E-state index in [0.29, 0.717) is 17.5 Å². The van der Waals surface area contributed by atoms with Crippen LogP contribution in [0.3, 0.4) is 0 Å². The average molecular weight is 352 g/mol. The fourth-order valence-electron chi connectivity index (χ4n) is 3.99. The van der Waals surface area contributed by atoms with Crippen molar-refractivity contribution in [2.75, 3.05) is 13.1 Å². The van der Waals surface area contributed by atoms with E-state index in [1.54, 1.807) is 0 Å². The van der Waals surface area contributed by atoms with Crippen LogP contribution in [0, 0.1) is 17.0 Å². The first kappa shape index (κ1) is 18.1. The molecule has 0 aromatic heterocycles. The molecule has 6 heteroatoms. The Hall–Kier alpha value is -1.69. The van der Waals surface area contributed by atoms with Crippen molar-refractivity contribution < 1.29 is 18.3 Å². The Balaban J connectivity index is 1.43. The second-order valence-corrected chi connectivity index (χ2v) is 7.72. The van der Waals surface area contributed by atoms with Crippen LogP contribution in [-0.4, -0.2) is 36.2 Å². The molecule has 2 fully saturated rings. The first-order valence-corrected chi connectivity index (χ1v) is 8.99. The van der Waals surface area contributed by atoms with Gasteiger partial charge < -0.3 is 10.1 Å². The molecule has 1 aliphatic carbocycles. The van der Waals surface area contributed by atoms with Gasteiger partial charge in [0, 0.05) is 24.2 Å². The van der Waals surface area contributed by atoms with Crippen LogP contribution in [0.5, 0.6) is 0 Å². The number of carbonyl (C=O) groups is 1. The second kappa shape index (κ2) is 7.28. The van der Waals surface area contributed by atoms with Gasteiger partial charge in [-0.25, -0.2) is 13.6 Å². The largest absolute Gasteiger partial charge is 0.447 e. The van der Waals surface area contributed by atoms with E-state index in [1.807, 2.05) is 13.8 Å². The molecule has 0 unspecified atom stereocenters. The highest BCUT2D eigenvalue weighted by molar-refractivity contribution is 5.68. The summed E-state index contributed by atoms with van der Waals surface area (Å²) in [5.74, 6) is -1.01. The summed E-state index contributed by atoms with van der Waals surface area (Å²) in [6, 6.07) is 3.98. The lowest BCUT2D eigenvalue weighted by Crippen LogP contribution is -2.55. The summed E-state index contributed by atoms with van der Waals surface area (Å²) in [6.45, 7) is 5.99. The molecule has 138 valence electrons. The zero-order valence-electron chi connectivity index (χ0n) is 14.9. The molecule has 1 aliphatic heterocycles. The molecule has 1 aromatic carbocycles. The molecule has 0 radical (unpaired) electrons. The van der Waals surface area contributed by atoms with Crippen molar-refractivity contribution in [3.05, 3.63) is 35.4 Å². The average Bonchev–Trinajstić information content (AvgIpc) is 2.49. The minimum atomic E-state index is -0.539. The number of rotatable bonds is 4. The Morgan fingerprint density at radius 2 is 2.00 bits per heavy atom. The van der Waals surface area contributed by atoms with Gasteiger partial charge in [-0.15, -0.1) is 0 Å². The Kier molecular flexibility index (Phi) is 5.27. The number of carbonyl (C=O) groups excluding carboxylic acids is 1. The van der Waals surface area contributed by atoms with Gasteiger partial charge in [0.1, 0.15) is 11.6 Å². The van der Waals surface area contributed by atoms with E-state index < -0.39 is 11.6 Å². The van der Waals surface area contributed by atoms with Gasteiger partial charge in [0.25, 0.3) is 0 Å². The van der Waals surface area contributed by atoms with Gasteiger partial charge in [-0.1, -0.05) is 6.07 Å². The molecule has 1 aromatic rings. The number of benzene rings is 1. The van der Waals surface area contributed by atoms with Crippen LogP contribution < -0.4 is 5.32 Å². The van der Waals surface area contributed by atoms with E-state index >= 15 is 0 Å². The molecule has 1 heterocycles. The molecule has 1 saturated heterocycles. The van der Waals surface area contributed by atoms with E-state index in [2.05, 4.69) is 10.2 Å². The summed E-state index contributed by atoms with van der Waals surface area (Å²) in [5.41, 5.74) is 0.843. The number of piperidine rings is 1. The number of nitrogens with zero attached hydrogens (tertiary/aromatic N) is 1. The lowest BCUT2D eigenvalue weighted by atomic mass is 9.60. The quantitative estimate of drug-likeness (QED) is 0.895. The molecule has 0 atom stereocenters. The molecule has 0 bridgehead atoms. The molecule has 3 rings (SSSR count). The van der Waals surface area contributed by atoms with Crippen LogP contribution >= 0.6 is 0 Å². The van der Waals surface area contributed by atoms with Crippen LogP contribution in [0.1, 0.15) is 45.1 Å². The van der Waals surface area contributed by atoms with E-state index in [1.165, 1.54) is 12.1 Å². The maximum Gasteiger partial charge on any atom is 0.407 e. The SMILES string of the molecule is CC(C)OC(=O)NC1CC2(CCN(Cc3ccc(F)cc3F)CC2)C1. The second-order valence-electron chi connectivity index (χ2n) is 7.72. The molecule has 1 spiro atoms. The minimum Gasteiger partial charge on any atom is -0.447 e. The van der Waals surface area contributed by atoms with Crippen LogP contribution in [0.15, 0.2) is 18.2 Å². The van der Waals surface area contributed by atoms with Crippen molar-refractivity contribution in [3.8, 4) is 0 Å². The minimum absolute atomic E-state index is 0.107. The number of ether oxygens (including phenoxy) is 1. The number of hydrogen-bond acceptors (Lipinski definition) is 3. The summed E-state index contributed by atoms with van der Waals surface area (Å²) in [7, 11) is 0. The summed E-state index contributed by atoms with van der Waals surface area (Å²) < 4.78 is 31.9. The summed E-state index contributed by atoms with van der Waals surface area (Å²) in [6.07, 6.45) is 3.63. The highest BCUT2D eigenvalue weighted by Gasteiger charge is 2.46. The summed E-state index contributed by atoms with van der Waals surface area (Å²) in [4.78, 5) is 13.9. The van der Waals surface area contributed by atoms with Gasteiger partial charge in [0.05, 0.1) is 6.10 Å². The molecule has 25 heavy (non-hydrogen) atoms. The third-order valence-corrected chi connectivity index (χ3v) is 5.35. The molecule has 1 saturated carbocycles. The number of alkyl carbamates (subject to hydrolysis) is 1. The fraction of sp³-hybridized carbons (Fsp3) is 0.632. The standard InChI is InChI=1S/C19H26F2N2O2/c1-13(2)25-18(24)22-16-10-19(11-16)5-7-23(8-6-19)12-14-3-4-15(20)9-17(14)21/h3-4,9,13,16H,5-8,10-12H2,1-2H3,(H,22,24). The number of amides is 1. The van der Waals surface area contributed by atoms with E-state index in [0.717, 1.165) is 44.8 Å². The van der Waals surface area contributed by atoms with E-state index in [4.69, 9.17) is 4.74 Å². The van der Waals surface area contributed by atoms with Crippen molar-refractivity contribution in [3.63, 3.8) is 0 Å². The predicted octanol–water partition coefficient (Wildman–Crippen LogP) is 3.84. The molecular formula is C19H26F2N2O2. The number of hydrogen-bond donors (Lipinski definition) is 1. The zero-order valence-corrected chi connectivity index (χ0v) is 14.9. The number of halogens is 2. The number of nitrogens with one attached hydrogen (secondary N) is 1. The van der Waals surface area contributed by atoms with Crippen molar-refractivity contribution >= 4 is 6.09 Å². The third-order valence-electron chi connectivity index (χ3n) is 5.35. The summed E-state index contributed by atoms with van der Waals surface area (Å²) >= 11 is 0. The molecule has 4 nitrogen and oxygen atoms in total. The van der Waals surface area contributed by atoms with Gasteiger partial charge in [0.2, 0.25) is 0 Å². The Morgan fingerprint density at radius 3 is 2.60 bits per heavy atom. The van der Waals surface area contributed by atoms with Crippen molar-refractivity contribution in [1.29, 1.82) is 0 Å². The first-order valence-electron chi connectivity index (χ1n) is 8.99. The molecular weight excluding hydrogens is 326 g/mol. The van der Waals surface area contributed by atoms with Gasteiger partial charge in [-0.05, 0) is 64.1 Å². The van der Waals surface area contributed by atoms with E-state index in [-0.39, 0.29) is 18.2 Å². The molecule has 1 N–H and O–H groups in total. The monoisotopic (exact) mass is 352 g/mol. The molecule has 2 aliphatic rings. The van der Waals surface area contributed by atoms with E-state index in [9.17, 15) is 13.6 Å². The molecule has 1 amide bonds. The number of likely N-dealkylation sites (tertiary alicyclic amines) is 1. The first-order chi connectivity index (χ1) is 11.8. The van der Waals surface area contributed by atoms with Gasteiger partial charge >= 0.3 is 6.09 Å². The fourth-order valence-corrected chi connectivity index (χ4v) is 3.99. The van der Waals surface area contributed by atoms with Gasteiger partial charge in [0.15, 0.2) is 0 Å². The van der Waals surface area contributed by atoms with Crippen LogP contribution in [0.2, 0.25) is 0 Å².